The molecule has 0 amide bonds. The van der Waals surface area contributed by atoms with E-state index < -0.39 is 0 Å². The van der Waals surface area contributed by atoms with Crippen LogP contribution < -0.4 is 4.74 Å². The highest BCUT2D eigenvalue weighted by Crippen LogP contribution is 2.41. The predicted octanol–water partition coefficient (Wildman–Crippen LogP) is 11.4. The molecular formula is C44H33N3O. The lowest BCUT2D eigenvalue weighted by Crippen LogP contribution is -2.02. The van der Waals surface area contributed by atoms with Crippen molar-refractivity contribution < 1.29 is 4.74 Å². The van der Waals surface area contributed by atoms with E-state index in [4.69, 9.17) is 9.73 Å². The highest BCUT2D eigenvalue weighted by molar-refractivity contribution is 6.16. The Labute approximate surface area is 279 Å². The van der Waals surface area contributed by atoms with Crippen LogP contribution in [0.15, 0.2) is 168 Å². The molecular weight excluding hydrogens is 587 g/mol. The molecule has 48 heavy (non-hydrogen) atoms. The maximum Gasteiger partial charge on any atom is 0.160 e. The van der Waals surface area contributed by atoms with E-state index in [0.717, 1.165) is 61.0 Å². The summed E-state index contributed by atoms with van der Waals surface area (Å²) in [5.41, 5.74) is 5.28. The summed E-state index contributed by atoms with van der Waals surface area (Å²) in [6.45, 7) is 6.05. The van der Waals surface area contributed by atoms with Crippen molar-refractivity contribution in [1.29, 1.82) is 0 Å². The molecule has 1 heterocycles. The van der Waals surface area contributed by atoms with Crippen LogP contribution in [-0.2, 0) is 6.42 Å². The standard InChI is InChI=1S/C44H33N3O/c1-30-41(48-37-23-22-32-15-9-10-18-34(32)27-37)25-24-39-43(30)38-28-35-19-11-12-20-36(35)29-40(38)47(39)42(26-21-31-13-5-3-6-14-31)46-44(45-2)33-16-7-4-8-17-33/h3-20,22-29H,2,21H2,1H3/b42-26+,46-44-. The van der Waals surface area contributed by atoms with Crippen LogP contribution in [0.25, 0.3) is 49.2 Å². The van der Waals surface area contributed by atoms with Crippen LogP contribution in [0.2, 0.25) is 0 Å². The van der Waals surface area contributed by atoms with Gasteiger partial charge in [-0.3, -0.25) is 4.57 Å². The van der Waals surface area contributed by atoms with Crippen LogP contribution in [-0.4, -0.2) is 17.1 Å². The Bertz CT molecular complexity index is 2530. The number of amidine groups is 1. The van der Waals surface area contributed by atoms with Crippen LogP contribution >= 0.6 is 0 Å². The largest absolute Gasteiger partial charge is 0.457 e. The van der Waals surface area contributed by atoms with E-state index in [2.05, 4.69) is 138 Å². The lowest BCUT2D eigenvalue weighted by molar-refractivity contribution is 0.480. The van der Waals surface area contributed by atoms with Crippen molar-refractivity contribution in [3.05, 3.63) is 174 Å². The number of benzene rings is 7. The van der Waals surface area contributed by atoms with E-state index in [1.165, 1.54) is 16.3 Å². The fourth-order valence-electron chi connectivity index (χ4n) is 6.56. The fraction of sp³-hybridized carbons (Fsp3) is 0.0455. The second kappa shape index (κ2) is 12.5. The predicted molar refractivity (Wildman–Crippen MR) is 203 cm³/mol. The van der Waals surface area contributed by atoms with Crippen molar-refractivity contribution in [3.8, 4) is 11.5 Å². The number of hydrogen-bond donors (Lipinski definition) is 0. The number of allylic oxidation sites excluding steroid dienone is 1. The highest BCUT2D eigenvalue weighted by Gasteiger charge is 2.19. The molecule has 0 bridgehead atoms. The van der Waals surface area contributed by atoms with Crippen molar-refractivity contribution >= 4 is 61.7 Å². The van der Waals surface area contributed by atoms with Crippen LogP contribution in [0.4, 0.5) is 0 Å². The van der Waals surface area contributed by atoms with Gasteiger partial charge in [-0.05, 0) is 89.6 Å². The smallest absolute Gasteiger partial charge is 0.160 e. The lowest BCUT2D eigenvalue weighted by atomic mass is 10.0. The Morgan fingerprint density at radius 1 is 0.667 bits per heavy atom. The van der Waals surface area contributed by atoms with E-state index in [9.17, 15) is 0 Å². The Balaban J connectivity index is 1.37. The quantitative estimate of drug-likeness (QED) is 0.129. The molecule has 0 unspecified atom stereocenters. The minimum atomic E-state index is 0.568. The molecule has 0 aliphatic heterocycles. The third kappa shape index (κ3) is 5.44. The molecule has 0 fully saturated rings. The number of nitrogens with zero attached hydrogens (tertiary/aromatic N) is 3. The van der Waals surface area contributed by atoms with Crippen molar-refractivity contribution in [3.63, 3.8) is 0 Å². The summed E-state index contributed by atoms with van der Waals surface area (Å²) < 4.78 is 8.87. The molecule has 4 nitrogen and oxygen atoms in total. The number of rotatable bonds is 7. The normalized spacial score (nSPS) is 12.3. The van der Waals surface area contributed by atoms with Gasteiger partial charge in [0.15, 0.2) is 5.84 Å². The van der Waals surface area contributed by atoms with Crippen molar-refractivity contribution in [2.24, 2.45) is 9.98 Å². The summed E-state index contributed by atoms with van der Waals surface area (Å²) in [4.78, 5) is 9.63. The highest BCUT2D eigenvalue weighted by atomic mass is 16.5. The fourth-order valence-corrected chi connectivity index (χ4v) is 6.56. The number of aromatic nitrogens is 1. The van der Waals surface area contributed by atoms with E-state index in [-0.39, 0.29) is 0 Å². The molecule has 0 saturated carbocycles. The Hall–Kier alpha value is -6.26. The lowest BCUT2D eigenvalue weighted by Gasteiger charge is -2.13. The molecule has 1 aromatic heterocycles. The molecule has 0 aliphatic carbocycles. The summed E-state index contributed by atoms with van der Waals surface area (Å²) in [5, 5.41) is 6.94. The molecule has 230 valence electrons. The molecule has 0 aliphatic rings. The zero-order valence-electron chi connectivity index (χ0n) is 26.7. The number of fused-ring (bicyclic) bond motifs is 5. The van der Waals surface area contributed by atoms with Crippen LogP contribution in [0, 0.1) is 6.92 Å². The van der Waals surface area contributed by atoms with Gasteiger partial charge in [0.25, 0.3) is 0 Å². The summed E-state index contributed by atoms with van der Waals surface area (Å²) in [6.07, 6.45) is 2.89. The maximum absolute atomic E-state index is 6.60. The third-order valence-corrected chi connectivity index (χ3v) is 8.95. The first-order valence-corrected chi connectivity index (χ1v) is 16.1. The monoisotopic (exact) mass is 619 g/mol. The van der Waals surface area contributed by atoms with Gasteiger partial charge in [0.05, 0.1) is 11.0 Å². The number of hydrogen-bond acceptors (Lipinski definition) is 2. The first-order chi connectivity index (χ1) is 23.7. The van der Waals surface area contributed by atoms with Crippen molar-refractivity contribution in [2.45, 2.75) is 13.3 Å². The zero-order valence-corrected chi connectivity index (χ0v) is 26.7. The van der Waals surface area contributed by atoms with E-state index in [1.54, 1.807) is 0 Å². The van der Waals surface area contributed by atoms with Gasteiger partial charge in [-0.2, -0.15) is 0 Å². The number of aliphatic imine (C=N–C) groups is 2. The number of ether oxygens (including phenoxy) is 1. The maximum atomic E-state index is 6.60. The SMILES string of the molecule is C=N/C(=N\C(=C/Cc1ccccc1)n1c2cc3ccccc3cc2c2c(C)c(Oc3ccc4ccccc4c3)ccc21)c1ccccc1. The molecule has 0 spiro atoms. The van der Waals surface area contributed by atoms with Crippen molar-refractivity contribution in [1.82, 2.24) is 4.57 Å². The second-order valence-corrected chi connectivity index (χ2v) is 12.0. The molecule has 8 aromatic rings. The molecule has 4 heteroatoms. The van der Waals surface area contributed by atoms with Gasteiger partial charge >= 0.3 is 0 Å². The zero-order chi connectivity index (χ0) is 32.5. The van der Waals surface area contributed by atoms with Gasteiger partial charge < -0.3 is 4.74 Å². The van der Waals surface area contributed by atoms with E-state index >= 15 is 0 Å². The van der Waals surface area contributed by atoms with Gasteiger partial charge in [-0.1, -0.05) is 115 Å². The van der Waals surface area contributed by atoms with Gasteiger partial charge in [-0.15, -0.1) is 0 Å². The third-order valence-electron chi connectivity index (χ3n) is 8.95. The first-order valence-electron chi connectivity index (χ1n) is 16.1. The van der Waals surface area contributed by atoms with E-state index in [0.29, 0.717) is 12.3 Å². The molecule has 7 aromatic carbocycles. The molecule has 0 atom stereocenters. The molecule has 0 N–H and O–H groups in total. The van der Waals surface area contributed by atoms with Gasteiger partial charge in [0.2, 0.25) is 0 Å². The Kier molecular flexibility index (Phi) is 7.60. The first kappa shape index (κ1) is 29.2. The molecule has 8 rings (SSSR count). The Morgan fingerprint density at radius 3 is 2.04 bits per heavy atom. The van der Waals surface area contributed by atoms with Gasteiger partial charge in [0, 0.05) is 21.9 Å². The van der Waals surface area contributed by atoms with Crippen LogP contribution in [0.3, 0.4) is 0 Å². The topological polar surface area (TPSA) is 38.9 Å². The molecule has 0 radical (unpaired) electrons. The minimum absolute atomic E-state index is 0.568. The average Bonchev–Trinajstić information content (AvgIpc) is 3.46. The average molecular weight is 620 g/mol. The summed E-state index contributed by atoms with van der Waals surface area (Å²) in [6, 6.07) is 52.4. The van der Waals surface area contributed by atoms with Crippen LogP contribution in [0.5, 0.6) is 11.5 Å². The van der Waals surface area contributed by atoms with Crippen LogP contribution in [0.1, 0.15) is 16.7 Å². The molecule has 0 saturated heterocycles. The minimum Gasteiger partial charge on any atom is -0.457 e. The Morgan fingerprint density at radius 2 is 1.31 bits per heavy atom. The van der Waals surface area contributed by atoms with Gasteiger partial charge in [0.1, 0.15) is 17.3 Å². The van der Waals surface area contributed by atoms with Gasteiger partial charge in [-0.25, -0.2) is 9.98 Å². The second-order valence-electron chi connectivity index (χ2n) is 12.0. The summed E-state index contributed by atoms with van der Waals surface area (Å²) >= 11 is 0. The van der Waals surface area contributed by atoms with Crippen molar-refractivity contribution in [2.75, 3.05) is 0 Å². The summed E-state index contributed by atoms with van der Waals surface area (Å²) in [5.74, 6) is 2.98. The van der Waals surface area contributed by atoms with E-state index in [1.807, 2.05) is 42.5 Å². The number of aryl methyl sites for hydroxylation is 1. The summed E-state index contributed by atoms with van der Waals surface area (Å²) in [7, 11) is 0.